The molecular formula is C15H15ClN2O2. The van der Waals surface area contributed by atoms with Crippen LogP contribution in [0.4, 0.5) is 0 Å². The van der Waals surface area contributed by atoms with Crippen LogP contribution in [0.5, 0.6) is 5.88 Å². The molecule has 2 rings (SSSR count). The van der Waals surface area contributed by atoms with E-state index in [2.05, 4.69) is 9.97 Å². The van der Waals surface area contributed by atoms with E-state index in [1.54, 1.807) is 13.2 Å². The number of ether oxygens (including phenoxy) is 2. The van der Waals surface area contributed by atoms with Gasteiger partial charge in [-0.15, -0.1) is 0 Å². The Labute approximate surface area is 123 Å². The van der Waals surface area contributed by atoms with Crippen molar-refractivity contribution in [3.8, 4) is 5.88 Å². The SMILES string of the molecule is COCc1nc(Cl)cc(OC/C=C/c2ccccc2)n1. The fourth-order valence-corrected chi connectivity index (χ4v) is 1.78. The lowest BCUT2D eigenvalue weighted by atomic mass is 10.2. The van der Waals surface area contributed by atoms with Gasteiger partial charge in [-0.25, -0.2) is 4.98 Å². The van der Waals surface area contributed by atoms with E-state index in [0.717, 1.165) is 5.56 Å². The second-order valence-corrected chi connectivity index (χ2v) is 4.39. The molecule has 20 heavy (non-hydrogen) atoms. The Morgan fingerprint density at radius 1 is 1.20 bits per heavy atom. The minimum Gasteiger partial charge on any atom is -0.473 e. The molecule has 0 unspecified atom stereocenters. The molecule has 0 saturated heterocycles. The molecule has 1 aromatic heterocycles. The average Bonchev–Trinajstić information content (AvgIpc) is 2.45. The van der Waals surface area contributed by atoms with Crippen LogP contribution in [0.25, 0.3) is 6.08 Å². The van der Waals surface area contributed by atoms with Crippen LogP contribution in [-0.2, 0) is 11.3 Å². The van der Waals surface area contributed by atoms with E-state index in [9.17, 15) is 0 Å². The highest BCUT2D eigenvalue weighted by Gasteiger charge is 2.03. The summed E-state index contributed by atoms with van der Waals surface area (Å²) in [6.07, 6.45) is 3.90. The molecule has 0 radical (unpaired) electrons. The van der Waals surface area contributed by atoms with Gasteiger partial charge in [0.1, 0.15) is 18.4 Å². The van der Waals surface area contributed by atoms with Gasteiger partial charge in [0.05, 0.1) is 0 Å². The zero-order chi connectivity index (χ0) is 14.2. The molecule has 0 aliphatic carbocycles. The van der Waals surface area contributed by atoms with Gasteiger partial charge in [0.2, 0.25) is 5.88 Å². The van der Waals surface area contributed by atoms with Crippen LogP contribution in [0.15, 0.2) is 42.5 Å². The first-order valence-corrected chi connectivity index (χ1v) is 6.52. The van der Waals surface area contributed by atoms with Crippen molar-refractivity contribution in [1.29, 1.82) is 0 Å². The van der Waals surface area contributed by atoms with Gasteiger partial charge in [0.15, 0.2) is 5.82 Å². The third-order valence-electron chi connectivity index (χ3n) is 2.43. The molecule has 0 aliphatic rings. The fourth-order valence-electron chi connectivity index (χ4n) is 1.59. The first-order chi connectivity index (χ1) is 9.78. The van der Waals surface area contributed by atoms with Gasteiger partial charge in [-0.05, 0) is 11.6 Å². The van der Waals surface area contributed by atoms with Crippen molar-refractivity contribution >= 4 is 17.7 Å². The van der Waals surface area contributed by atoms with Crippen LogP contribution in [-0.4, -0.2) is 23.7 Å². The first-order valence-electron chi connectivity index (χ1n) is 6.14. The van der Waals surface area contributed by atoms with E-state index < -0.39 is 0 Å². The number of aromatic nitrogens is 2. The Hall–Kier alpha value is -1.91. The zero-order valence-corrected chi connectivity index (χ0v) is 11.9. The monoisotopic (exact) mass is 290 g/mol. The highest BCUT2D eigenvalue weighted by molar-refractivity contribution is 6.29. The molecule has 5 heteroatoms. The molecule has 0 bridgehead atoms. The molecule has 0 fully saturated rings. The van der Waals surface area contributed by atoms with Crippen LogP contribution < -0.4 is 4.74 Å². The van der Waals surface area contributed by atoms with Gasteiger partial charge in [-0.1, -0.05) is 48.0 Å². The van der Waals surface area contributed by atoms with Crippen LogP contribution in [0.1, 0.15) is 11.4 Å². The Balaban J connectivity index is 1.92. The summed E-state index contributed by atoms with van der Waals surface area (Å²) in [5, 5.41) is 0.342. The maximum Gasteiger partial charge on any atom is 0.218 e. The number of nitrogens with zero attached hydrogens (tertiary/aromatic N) is 2. The van der Waals surface area contributed by atoms with Crippen LogP contribution in [0.3, 0.4) is 0 Å². The molecule has 1 aromatic carbocycles. The highest BCUT2D eigenvalue weighted by Crippen LogP contribution is 2.14. The lowest BCUT2D eigenvalue weighted by Crippen LogP contribution is -2.02. The van der Waals surface area contributed by atoms with E-state index in [-0.39, 0.29) is 0 Å². The first kappa shape index (κ1) is 14.5. The molecule has 104 valence electrons. The van der Waals surface area contributed by atoms with Crippen molar-refractivity contribution in [2.24, 2.45) is 0 Å². The predicted molar refractivity (Wildman–Crippen MR) is 78.7 cm³/mol. The third-order valence-corrected chi connectivity index (χ3v) is 2.62. The molecule has 0 atom stereocenters. The fraction of sp³-hybridized carbons (Fsp3) is 0.200. The summed E-state index contributed by atoms with van der Waals surface area (Å²) in [5.41, 5.74) is 1.12. The Morgan fingerprint density at radius 2 is 2.00 bits per heavy atom. The normalized spacial score (nSPS) is 10.9. The second-order valence-electron chi connectivity index (χ2n) is 4.00. The summed E-state index contributed by atoms with van der Waals surface area (Å²) < 4.78 is 10.5. The summed E-state index contributed by atoms with van der Waals surface area (Å²) in [4.78, 5) is 8.22. The number of methoxy groups -OCH3 is 1. The Bertz CT molecular complexity index is 573. The molecule has 0 aliphatic heterocycles. The van der Waals surface area contributed by atoms with Gasteiger partial charge < -0.3 is 9.47 Å². The minimum atomic E-state index is 0.302. The van der Waals surface area contributed by atoms with Crippen LogP contribution in [0, 0.1) is 0 Å². The molecule has 2 aromatic rings. The van der Waals surface area contributed by atoms with Crippen molar-refractivity contribution in [1.82, 2.24) is 9.97 Å². The van der Waals surface area contributed by atoms with E-state index in [0.29, 0.717) is 30.1 Å². The van der Waals surface area contributed by atoms with Crippen molar-refractivity contribution in [2.45, 2.75) is 6.61 Å². The summed E-state index contributed by atoms with van der Waals surface area (Å²) in [7, 11) is 1.58. The van der Waals surface area contributed by atoms with Crippen molar-refractivity contribution in [3.05, 3.63) is 59.0 Å². The standard InChI is InChI=1S/C15H15ClN2O2/c1-19-11-14-17-13(16)10-15(18-14)20-9-5-8-12-6-3-2-4-7-12/h2-8,10H,9,11H2,1H3/b8-5+. The highest BCUT2D eigenvalue weighted by atomic mass is 35.5. The molecular weight excluding hydrogens is 276 g/mol. The zero-order valence-electron chi connectivity index (χ0n) is 11.1. The van der Waals surface area contributed by atoms with E-state index in [1.807, 2.05) is 42.5 Å². The summed E-state index contributed by atoms with van der Waals surface area (Å²) >= 11 is 5.89. The minimum absolute atomic E-state index is 0.302. The van der Waals surface area contributed by atoms with E-state index in [1.165, 1.54) is 0 Å². The number of hydrogen-bond donors (Lipinski definition) is 0. The quantitative estimate of drug-likeness (QED) is 0.765. The molecule has 0 spiro atoms. The topological polar surface area (TPSA) is 44.2 Å². The Kier molecular flexibility index (Phi) is 5.53. The summed E-state index contributed by atoms with van der Waals surface area (Å²) in [6.45, 7) is 0.714. The molecule has 4 nitrogen and oxygen atoms in total. The number of benzene rings is 1. The van der Waals surface area contributed by atoms with E-state index in [4.69, 9.17) is 21.1 Å². The maximum atomic E-state index is 5.89. The van der Waals surface area contributed by atoms with Gasteiger partial charge in [0.25, 0.3) is 0 Å². The van der Waals surface area contributed by atoms with Gasteiger partial charge in [-0.3, -0.25) is 0 Å². The number of halogens is 1. The lowest BCUT2D eigenvalue weighted by Gasteiger charge is -2.05. The average molecular weight is 291 g/mol. The van der Waals surface area contributed by atoms with Crippen LogP contribution >= 0.6 is 11.6 Å². The van der Waals surface area contributed by atoms with Crippen LogP contribution in [0.2, 0.25) is 5.15 Å². The maximum absolute atomic E-state index is 5.89. The van der Waals surface area contributed by atoms with Gasteiger partial charge in [0, 0.05) is 13.2 Å². The third kappa shape index (κ3) is 4.64. The van der Waals surface area contributed by atoms with Crippen molar-refractivity contribution < 1.29 is 9.47 Å². The second kappa shape index (κ2) is 7.62. The van der Waals surface area contributed by atoms with E-state index >= 15 is 0 Å². The van der Waals surface area contributed by atoms with Gasteiger partial charge >= 0.3 is 0 Å². The Morgan fingerprint density at radius 3 is 2.75 bits per heavy atom. The molecule has 0 amide bonds. The van der Waals surface area contributed by atoms with Gasteiger partial charge in [-0.2, -0.15) is 4.98 Å². The summed E-state index contributed by atoms with van der Waals surface area (Å²) in [6, 6.07) is 11.6. The smallest absolute Gasteiger partial charge is 0.218 e. The molecule has 1 heterocycles. The molecule has 0 N–H and O–H groups in total. The summed E-state index contributed by atoms with van der Waals surface area (Å²) in [5.74, 6) is 0.941. The lowest BCUT2D eigenvalue weighted by molar-refractivity contribution is 0.176. The molecule has 0 saturated carbocycles. The number of rotatable bonds is 6. The predicted octanol–water partition coefficient (Wildman–Crippen LogP) is 3.37. The largest absolute Gasteiger partial charge is 0.473 e. The number of hydrogen-bond acceptors (Lipinski definition) is 4. The van der Waals surface area contributed by atoms with Crippen molar-refractivity contribution in [3.63, 3.8) is 0 Å². The van der Waals surface area contributed by atoms with Crippen molar-refractivity contribution in [2.75, 3.05) is 13.7 Å².